The molecule has 0 spiro atoms. The number of hydrogen-bond donors (Lipinski definition) is 1. The highest BCUT2D eigenvalue weighted by molar-refractivity contribution is 7.99. The van der Waals surface area contributed by atoms with Crippen LogP contribution in [0, 0.1) is 18.3 Å². The molecule has 0 atom stereocenters. The number of anilines is 1. The summed E-state index contributed by atoms with van der Waals surface area (Å²) >= 11 is 1.26. The third kappa shape index (κ3) is 4.60. The fourth-order valence-corrected chi connectivity index (χ4v) is 4.44. The minimum absolute atomic E-state index is 0.0607. The first-order chi connectivity index (χ1) is 17.7. The molecular weight excluding hydrogens is 472 g/mol. The second-order valence-corrected chi connectivity index (χ2v) is 8.71. The predicted octanol–water partition coefficient (Wildman–Crippen LogP) is 4.43. The van der Waals surface area contributed by atoms with Crippen molar-refractivity contribution in [3.63, 3.8) is 0 Å². The molecular formula is C26H20N8OS. The van der Waals surface area contributed by atoms with Crippen molar-refractivity contribution in [2.45, 2.75) is 12.1 Å². The summed E-state index contributed by atoms with van der Waals surface area (Å²) in [7, 11) is 0. The molecule has 0 saturated carbocycles. The van der Waals surface area contributed by atoms with Gasteiger partial charge < -0.3 is 5.32 Å². The van der Waals surface area contributed by atoms with Gasteiger partial charge in [-0.2, -0.15) is 10.4 Å². The molecule has 1 N–H and O–H groups in total. The van der Waals surface area contributed by atoms with Crippen molar-refractivity contribution in [1.82, 2.24) is 29.5 Å². The highest BCUT2D eigenvalue weighted by Gasteiger charge is 2.20. The average molecular weight is 493 g/mol. The van der Waals surface area contributed by atoms with Crippen LogP contribution in [-0.4, -0.2) is 41.2 Å². The number of nitrogens with one attached hydrogen (secondary N) is 1. The number of carbonyl (C=O) groups excluding carboxylic acids is 1. The highest BCUT2D eigenvalue weighted by Crippen LogP contribution is 2.29. The molecule has 0 radical (unpaired) electrons. The lowest BCUT2D eigenvalue weighted by Gasteiger charge is -2.13. The van der Waals surface area contributed by atoms with Gasteiger partial charge in [-0.1, -0.05) is 48.2 Å². The minimum Gasteiger partial charge on any atom is -0.309 e. The van der Waals surface area contributed by atoms with Crippen molar-refractivity contribution in [2.24, 2.45) is 0 Å². The monoisotopic (exact) mass is 492 g/mol. The van der Waals surface area contributed by atoms with Crippen LogP contribution < -0.4 is 5.32 Å². The van der Waals surface area contributed by atoms with Gasteiger partial charge >= 0.3 is 0 Å². The van der Waals surface area contributed by atoms with Gasteiger partial charge in [0.2, 0.25) is 5.91 Å². The first-order valence-corrected chi connectivity index (χ1v) is 12.0. The van der Waals surface area contributed by atoms with Gasteiger partial charge in [0.15, 0.2) is 16.8 Å². The molecule has 0 aliphatic carbocycles. The van der Waals surface area contributed by atoms with Gasteiger partial charge in [0.1, 0.15) is 11.6 Å². The Hall–Kier alpha value is -4.75. The Labute approximate surface area is 211 Å². The van der Waals surface area contributed by atoms with Gasteiger partial charge in [-0.25, -0.2) is 4.68 Å². The summed E-state index contributed by atoms with van der Waals surface area (Å²) in [5.74, 6) is 0.750. The third-order valence-electron chi connectivity index (χ3n) is 5.41. The Morgan fingerprint density at radius 1 is 1.03 bits per heavy atom. The molecule has 9 nitrogen and oxygen atoms in total. The molecule has 0 aliphatic rings. The van der Waals surface area contributed by atoms with Crippen LogP contribution in [0.3, 0.4) is 0 Å². The minimum atomic E-state index is -0.293. The molecule has 3 aromatic heterocycles. The van der Waals surface area contributed by atoms with E-state index in [1.807, 2.05) is 78.2 Å². The third-order valence-corrected chi connectivity index (χ3v) is 6.34. The predicted molar refractivity (Wildman–Crippen MR) is 137 cm³/mol. The summed E-state index contributed by atoms with van der Waals surface area (Å²) in [4.78, 5) is 17.1. The standard InChI is InChI=1S/C26H20N8OS/c1-18-7-5-6-10-22(18)33-25(19-11-13-28-14-12-19)31-32-26(33)36-17-23(35)30-24-20(15-27)16-29-34(24)21-8-3-2-4-9-21/h2-14,16H,17H2,1H3,(H,30,35). The molecule has 1 amide bonds. The second-order valence-electron chi connectivity index (χ2n) is 7.77. The van der Waals surface area contributed by atoms with E-state index >= 15 is 0 Å². The maximum absolute atomic E-state index is 13.0. The average Bonchev–Trinajstić information content (AvgIpc) is 3.53. The zero-order chi connectivity index (χ0) is 24.9. The molecule has 2 aromatic carbocycles. The number of thioether (sulfide) groups is 1. The summed E-state index contributed by atoms with van der Waals surface area (Å²) in [5, 5.41) is 26.0. The first kappa shape index (κ1) is 23.0. The summed E-state index contributed by atoms with van der Waals surface area (Å²) in [6.45, 7) is 2.01. The van der Waals surface area contributed by atoms with Crippen LogP contribution in [0.25, 0.3) is 22.8 Å². The van der Waals surface area contributed by atoms with Crippen LogP contribution in [0.1, 0.15) is 11.1 Å². The fourth-order valence-electron chi connectivity index (χ4n) is 3.70. The van der Waals surface area contributed by atoms with E-state index in [0.29, 0.717) is 16.8 Å². The number of nitriles is 1. The van der Waals surface area contributed by atoms with Gasteiger partial charge in [0, 0.05) is 18.0 Å². The van der Waals surface area contributed by atoms with E-state index in [4.69, 9.17) is 0 Å². The summed E-state index contributed by atoms with van der Waals surface area (Å²) in [6.07, 6.45) is 4.84. The maximum atomic E-state index is 13.0. The van der Waals surface area contributed by atoms with Crippen LogP contribution in [0.2, 0.25) is 0 Å². The van der Waals surface area contributed by atoms with Gasteiger partial charge in [0.25, 0.3) is 0 Å². The number of nitrogens with zero attached hydrogens (tertiary/aromatic N) is 7. The molecule has 0 unspecified atom stereocenters. The van der Waals surface area contributed by atoms with Crippen molar-refractivity contribution >= 4 is 23.5 Å². The molecule has 0 saturated heterocycles. The molecule has 0 fully saturated rings. The Kier molecular flexibility index (Phi) is 6.55. The largest absolute Gasteiger partial charge is 0.309 e. The number of hydrogen-bond acceptors (Lipinski definition) is 7. The number of amides is 1. The Bertz CT molecular complexity index is 1550. The first-order valence-electron chi connectivity index (χ1n) is 11.0. The van der Waals surface area contributed by atoms with E-state index in [0.717, 1.165) is 22.5 Å². The molecule has 0 bridgehead atoms. The highest BCUT2D eigenvalue weighted by atomic mass is 32.2. The van der Waals surface area contributed by atoms with Crippen LogP contribution in [0.5, 0.6) is 0 Å². The van der Waals surface area contributed by atoms with E-state index in [9.17, 15) is 10.1 Å². The summed E-state index contributed by atoms with van der Waals surface area (Å²) in [5.41, 5.74) is 3.85. The van der Waals surface area contributed by atoms with Crippen LogP contribution in [0.15, 0.2) is 90.5 Å². The number of pyridine rings is 1. The number of para-hydroxylation sites is 2. The fraction of sp³-hybridized carbons (Fsp3) is 0.0769. The number of rotatable bonds is 7. The van der Waals surface area contributed by atoms with Crippen LogP contribution >= 0.6 is 11.8 Å². The topological polar surface area (TPSA) is 114 Å². The molecule has 5 rings (SSSR count). The zero-order valence-corrected chi connectivity index (χ0v) is 20.1. The SMILES string of the molecule is Cc1ccccc1-n1c(SCC(=O)Nc2c(C#N)cnn2-c2ccccc2)nnc1-c1ccncc1. The van der Waals surface area contributed by atoms with E-state index in [1.165, 1.54) is 18.0 Å². The lowest BCUT2D eigenvalue weighted by Crippen LogP contribution is -2.18. The Morgan fingerprint density at radius 3 is 2.53 bits per heavy atom. The lowest BCUT2D eigenvalue weighted by molar-refractivity contribution is -0.113. The lowest BCUT2D eigenvalue weighted by atomic mass is 10.2. The van der Waals surface area contributed by atoms with Crippen molar-refractivity contribution in [1.29, 1.82) is 5.26 Å². The molecule has 5 aromatic rings. The number of benzene rings is 2. The molecule has 36 heavy (non-hydrogen) atoms. The summed E-state index contributed by atoms with van der Waals surface area (Å²) in [6, 6.07) is 23.1. The molecule has 3 heterocycles. The Balaban J connectivity index is 1.42. The van der Waals surface area contributed by atoms with Crippen LogP contribution in [-0.2, 0) is 4.79 Å². The van der Waals surface area contributed by atoms with E-state index in [2.05, 4.69) is 31.7 Å². The zero-order valence-electron chi connectivity index (χ0n) is 19.2. The normalized spacial score (nSPS) is 10.7. The van der Waals surface area contributed by atoms with Gasteiger partial charge in [-0.3, -0.25) is 14.3 Å². The van der Waals surface area contributed by atoms with E-state index in [-0.39, 0.29) is 17.2 Å². The number of carbonyl (C=O) groups is 1. The van der Waals surface area contributed by atoms with Crippen molar-refractivity contribution in [3.8, 4) is 28.8 Å². The van der Waals surface area contributed by atoms with Crippen molar-refractivity contribution in [2.75, 3.05) is 11.1 Å². The van der Waals surface area contributed by atoms with Gasteiger partial charge in [-0.05, 0) is 42.8 Å². The Morgan fingerprint density at radius 2 is 1.78 bits per heavy atom. The molecule has 10 heteroatoms. The smallest absolute Gasteiger partial charge is 0.236 e. The summed E-state index contributed by atoms with van der Waals surface area (Å²) < 4.78 is 3.48. The van der Waals surface area contributed by atoms with E-state index in [1.54, 1.807) is 17.1 Å². The molecule has 176 valence electrons. The maximum Gasteiger partial charge on any atom is 0.236 e. The number of aromatic nitrogens is 6. The van der Waals surface area contributed by atoms with Gasteiger partial charge in [-0.15, -0.1) is 10.2 Å². The van der Waals surface area contributed by atoms with Crippen LogP contribution in [0.4, 0.5) is 5.82 Å². The molecule has 0 aliphatic heterocycles. The van der Waals surface area contributed by atoms with Gasteiger partial charge in [0.05, 0.1) is 23.3 Å². The second kappa shape index (κ2) is 10.2. The number of aryl methyl sites for hydroxylation is 1. The van der Waals surface area contributed by atoms with Crippen molar-refractivity contribution in [3.05, 3.63) is 96.4 Å². The quantitative estimate of drug-likeness (QED) is 0.334. The van der Waals surface area contributed by atoms with E-state index < -0.39 is 0 Å². The van der Waals surface area contributed by atoms with Crippen molar-refractivity contribution < 1.29 is 4.79 Å².